The Labute approximate surface area is 264 Å². The summed E-state index contributed by atoms with van der Waals surface area (Å²) in [4.78, 5) is 74.6. The number of hydrogen-bond acceptors (Lipinski definition) is 17. The monoisotopic (exact) mass is 737 g/mol. The summed E-state index contributed by atoms with van der Waals surface area (Å²) < 4.78 is 82.8. The molecule has 2 aliphatic rings. The van der Waals surface area contributed by atoms with E-state index in [-0.39, 0.29) is 12.1 Å². The molecule has 3 aromatic rings. The highest BCUT2D eigenvalue weighted by atomic mass is 31.3. The lowest BCUT2D eigenvalue weighted by Gasteiger charge is -2.37. The lowest BCUT2D eigenvalue weighted by Crippen LogP contribution is -2.36. The third-order valence-corrected chi connectivity index (χ3v) is 12.2. The van der Waals surface area contributed by atoms with E-state index in [4.69, 9.17) is 14.2 Å². The number of hydrogen-bond donors (Lipinski definition) is 2. The van der Waals surface area contributed by atoms with E-state index in [9.17, 15) is 47.4 Å². The fourth-order valence-corrected chi connectivity index (χ4v) is 9.51. The second-order valence-corrected chi connectivity index (χ2v) is 15.9. The Morgan fingerprint density at radius 1 is 0.766 bits per heavy atom. The molecule has 3 heterocycles. The normalized spacial score (nSPS) is 27.5. The zero-order chi connectivity index (χ0) is 34.0. The van der Waals surface area contributed by atoms with Crippen LogP contribution in [-0.4, -0.2) is 40.8 Å². The SMILES string of the molecule is O=c1ccn([C@@H]2O[C@H](COP(=O)([O-])OP(=O)([O-])OP(=O)([O-])OP(=O)([O-])Nc3ccccc3)C3OC(Cc4ccccc4)O[C@@H]32)c(=O)[nH]1. The van der Waals surface area contributed by atoms with E-state index < -0.39 is 79.9 Å². The van der Waals surface area contributed by atoms with Crippen LogP contribution in [0.15, 0.2) is 82.5 Å². The summed E-state index contributed by atoms with van der Waals surface area (Å²) in [5.41, 5.74) is -0.960. The Bertz CT molecular complexity index is 1880. The average molecular weight is 737 g/mol. The number of para-hydroxylation sites is 1. The number of nitrogens with zero attached hydrogens (tertiary/aromatic N) is 1. The third-order valence-electron chi connectivity index (χ3n) is 6.32. The summed E-state index contributed by atoms with van der Waals surface area (Å²) in [6.07, 6.45) is -4.40. The smallest absolute Gasteiger partial charge is 0.330 e. The van der Waals surface area contributed by atoms with Crippen LogP contribution < -0.4 is 35.9 Å². The zero-order valence-electron chi connectivity index (χ0n) is 23.4. The van der Waals surface area contributed by atoms with Gasteiger partial charge in [0.15, 0.2) is 12.5 Å². The minimum atomic E-state index is -6.42. The zero-order valence-corrected chi connectivity index (χ0v) is 27.0. The van der Waals surface area contributed by atoms with E-state index in [1.807, 2.05) is 4.98 Å². The standard InChI is InChI=1S/C23H27N3O17P4/c27-18-11-12-26(23(28)24-18)22-21-20(39-19(40-21)13-15-7-3-1-4-8-15)17(38-22)14-37-45(31,32)42-47(35,36)43-46(33,34)41-44(29,30)25-16-9-5-2-6-10-16/h1-12,17,19-22H,13-14H2,(H,31,32)(H,33,34)(H,35,36)(H,24,27,28)(H2,25,29,30)/p-4/t17-,19?,20?,21+,22-/m1/s1. The lowest BCUT2D eigenvalue weighted by atomic mass is 10.1. The number of anilines is 1. The number of ether oxygens (including phenoxy) is 3. The maximum Gasteiger partial charge on any atom is 0.330 e. The highest BCUT2D eigenvalue weighted by Crippen LogP contribution is 2.66. The van der Waals surface area contributed by atoms with Crippen molar-refractivity contribution in [2.24, 2.45) is 0 Å². The molecule has 2 aromatic carbocycles. The fourth-order valence-electron chi connectivity index (χ4n) is 4.57. The van der Waals surface area contributed by atoms with Crippen LogP contribution in [0.2, 0.25) is 0 Å². The second-order valence-electron chi connectivity index (χ2n) is 9.76. The number of fused-ring (bicyclic) bond motifs is 1. The summed E-state index contributed by atoms with van der Waals surface area (Å²) in [6, 6.07) is 16.6. The second kappa shape index (κ2) is 14.1. The van der Waals surface area contributed by atoms with Crippen molar-refractivity contribution >= 4 is 36.9 Å². The molecule has 0 aliphatic carbocycles. The largest absolute Gasteiger partial charge is 0.761 e. The first-order chi connectivity index (χ1) is 22.0. The molecule has 0 saturated carbocycles. The van der Waals surface area contributed by atoms with Crippen LogP contribution in [0.5, 0.6) is 0 Å². The van der Waals surface area contributed by atoms with Gasteiger partial charge in [0.2, 0.25) is 7.75 Å². The number of H-pyrrole nitrogens is 1. The molecule has 2 fully saturated rings. The molecule has 47 heavy (non-hydrogen) atoms. The van der Waals surface area contributed by atoms with Gasteiger partial charge >= 0.3 is 5.69 Å². The van der Waals surface area contributed by atoms with E-state index in [1.165, 1.54) is 30.3 Å². The van der Waals surface area contributed by atoms with Gasteiger partial charge in [0.25, 0.3) is 29.0 Å². The number of phosphoric acid groups is 3. The topological polar surface area (TPSA) is 292 Å². The number of benzene rings is 2. The molecule has 0 amide bonds. The van der Waals surface area contributed by atoms with Gasteiger partial charge in [-0.2, -0.15) is 0 Å². The van der Waals surface area contributed by atoms with Crippen LogP contribution in [0.3, 0.4) is 0 Å². The Morgan fingerprint density at radius 2 is 1.36 bits per heavy atom. The Morgan fingerprint density at radius 3 is 2.02 bits per heavy atom. The molecule has 2 aliphatic heterocycles. The van der Waals surface area contributed by atoms with Gasteiger partial charge in [0, 0.05) is 24.4 Å². The summed E-state index contributed by atoms with van der Waals surface area (Å²) >= 11 is 0. The maximum absolute atomic E-state index is 12.5. The molecule has 0 spiro atoms. The Hall–Kier alpha value is -2.60. The molecule has 1 aromatic heterocycles. The average Bonchev–Trinajstić information content (AvgIpc) is 3.50. The fraction of sp³-hybridized carbons (Fsp3) is 0.304. The van der Waals surface area contributed by atoms with Crippen molar-refractivity contribution in [1.82, 2.24) is 9.55 Å². The molecule has 256 valence electrons. The molecule has 20 nitrogen and oxygen atoms in total. The summed E-state index contributed by atoms with van der Waals surface area (Å²) in [5, 5.41) is 1.69. The minimum Gasteiger partial charge on any atom is -0.761 e. The lowest BCUT2D eigenvalue weighted by molar-refractivity contribution is -0.251. The number of aromatic amines is 1. The molecule has 2 N–H and O–H groups in total. The van der Waals surface area contributed by atoms with Crippen LogP contribution in [0, 0.1) is 0 Å². The van der Waals surface area contributed by atoms with Crippen molar-refractivity contribution in [2.45, 2.75) is 37.3 Å². The molecule has 2 saturated heterocycles. The first-order valence-corrected chi connectivity index (χ1v) is 19.1. The molecule has 9 atom stereocenters. The molecule has 24 heteroatoms. The first kappa shape index (κ1) is 35.7. The third kappa shape index (κ3) is 9.74. The predicted octanol–water partition coefficient (Wildman–Crippen LogP) is -0.161. The molecule has 6 unspecified atom stereocenters. The van der Waals surface area contributed by atoms with Crippen LogP contribution in [0.4, 0.5) is 5.69 Å². The van der Waals surface area contributed by atoms with Gasteiger partial charge in [-0.1, -0.05) is 48.5 Å². The van der Waals surface area contributed by atoms with E-state index in [1.54, 1.807) is 35.4 Å². The van der Waals surface area contributed by atoms with E-state index in [2.05, 4.69) is 17.5 Å². The Kier molecular flexibility index (Phi) is 10.7. The number of phosphoric ester groups is 1. The van der Waals surface area contributed by atoms with Crippen molar-refractivity contribution in [3.8, 4) is 0 Å². The summed E-state index contributed by atoms with van der Waals surface area (Å²) in [7, 11) is -24.3. The van der Waals surface area contributed by atoms with E-state index in [0.717, 1.165) is 22.4 Å². The van der Waals surface area contributed by atoms with Crippen LogP contribution in [0.1, 0.15) is 11.8 Å². The minimum absolute atomic E-state index is 0.156. The van der Waals surface area contributed by atoms with Crippen LogP contribution >= 0.6 is 31.2 Å². The molecule has 5 rings (SSSR count). The van der Waals surface area contributed by atoms with Gasteiger partial charge in [0.1, 0.15) is 18.3 Å². The van der Waals surface area contributed by atoms with Crippen molar-refractivity contribution in [3.63, 3.8) is 0 Å². The first-order valence-electron chi connectivity index (χ1n) is 13.2. The molecule has 0 radical (unpaired) electrons. The van der Waals surface area contributed by atoms with Crippen LogP contribution in [0.25, 0.3) is 0 Å². The molecule has 0 bridgehead atoms. The van der Waals surface area contributed by atoms with Gasteiger partial charge in [-0.05, 0) is 17.7 Å². The van der Waals surface area contributed by atoms with E-state index >= 15 is 0 Å². The van der Waals surface area contributed by atoms with Crippen molar-refractivity contribution in [2.75, 3.05) is 11.7 Å². The predicted molar refractivity (Wildman–Crippen MR) is 149 cm³/mol. The van der Waals surface area contributed by atoms with Crippen LogP contribution in [-0.2, 0) is 56.3 Å². The van der Waals surface area contributed by atoms with Crippen molar-refractivity contribution in [3.05, 3.63) is 99.3 Å². The highest BCUT2D eigenvalue weighted by molar-refractivity contribution is 7.69. The van der Waals surface area contributed by atoms with Gasteiger partial charge in [-0.25, -0.2) is 13.4 Å². The Balaban J connectivity index is 1.24. The van der Waals surface area contributed by atoms with Crippen molar-refractivity contribution < 1.29 is 69.5 Å². The van der Waals surface area contributed by atoms with E-state index in [0.29, 0.717) is 0 Å². The number of nitrogens with one attached hydrogen (secondary N) is 2. The van der Waals surface area contributed by atoms with Gasteiger partial charge in [-0.3, -0.25) is 36.9 Å². The number of rotatable bonds is 14. The highest BCUT2D eigenvalue weighted by Gasteiger charge is 2.54. The quantitative estimate of drug-likeness (QED) is 0.203. The molecular weight excluding hydrogens is 714 g/mol. The molecular formula is C23H23N3O17P4-4. The number of aromatic nitrogens is 2. The van der Waals surface area contributed by atoms with Crippen molar-refractivity contribution in [1.29, 1.82) is 0 Å². The van der Waals surface area contributed by atoms with Gasteiger partial charge in [0.05, 0.1) is 6.61 Å². The maximum atomic E-state index is 12.5. The summed E-state index contributed by atoms with van der Waals surface area (Å²) in [5.74, 6) is 0. The summed E-state index contributed by atoms with van der Waals surface area (Å²) in [6.45, 7) is -1.01. The van der Waals surface area contributed by atoms with Gasteiger partial charge < -0.3 is 43.4 Å². The van der Waals surface area contributed by atoms with Gasteiger partial charge in [-0.15, -0.1) is 0 Å².